The molecule has 0 aliphatic rings. The second kappa shape index (κ2) is 3.92. The molecule has 0 saturated heterocycles. The summed E-state index contributed by atoms with van der Waals surface area (Å²) in [7, 11) is 0. The van der Waals surface area contributed by atoms with E-state index in [4.69, 9.17) is 0 Å². The minimum absolute atomic E-state index is 0.0150. The second-order valence-electron chi connectivity index (χ2n) is 4.26. The van der Waals surface area contributed by atoms with Crippen LogP contribution in [0.2, 0.25) is 0 Å². The summed E-state index contributed by atoms with van der Waals surface area (Å²) in [5.74, 6) is 0. The van der Waals surface area contributed by atoms with Gasteiger partial charge in [-0.1, -0.05) is 15.9 Å². The van der Waals surface area contributed by atoms with E-state index in [1.807, 2.05) is 0 Å². The van der Waals surface area contributed by atoms with Gasteiger partial charge in [-0.2, -0.15) is 0 Å². The van der Waals surface area contributed by atoms with Gasteiger partial charge in [0, 0.05) is 9.86 Å². The summed E-state index contributed by atoms with van der Waals surface area (Å²) < 4.78 is 0.786. The van der Waals surface area contributed by atoms with E-state index < -0.39 is 16.5 Å². The fourth-order valence-electron chi connectivity index (χ4n) is 2.20. The predicted octanol–water partition coefficient (Wildman–Crippen LogP) is 1.13. The van der Waals surface area contributed by atoms with Crippen molar-refractivity contribution < 1.29 is 0 Å². The maximum atomic E-state index is 12.4. The molecule has 3 N–H and O–H groups in total. The Morgan fingerprint density at radius 1 is 1.00 bits per heavy atom. The second-order valence-corrected chi connectivity index (χ2v) is 5.17. The van der Waals surface area contributed by atoms with Crippen LogP contribution in [-0.2, 0) is 0 Å². The monoisotopic (exact) mass is 321 g/mol. The summed E-state index contributed by atoms with van der Waals surface area (Å²) in [6.07, 6.45) is 0. The molecule has 2 aromatic heterocycles. The van der Waals surface area contributed by atoms with Crippen molar-refractivity contribution in [1.82, 2.24) is 15.2 Å². The minimum atomic E-state index is -0.611. The van der Waals surface area contributed by atoms with Crippen LogP contribution in [0.5, 0.6) is 0 Å². The molecule has 2 heterocycles. The van der Waals surface area contributed by atoms with E-state index >= 15 is 0 Å². The van der Waals surface area contributed by atoms with Crippen LogP contribution in [0.1, 0.15) is 5.56 Å². The lowest BCUT2D eigenvalue weighted by Gasteiger charge is -2.04. The molecular formula is C12H8BrN3O3. The number of hydrogen-bond acceptors (Lipinski definition) is 3. The number of rotatable bonds is 0. The third-order valence-electron chi connectivity index (χ3n) is 3.01. The van der Waals surface area contributed by atoms with Gasteiger partial charge in [-0.3, -0.25) is 24.6 Å². The van der Waals surface area contributed by atoms with E-state index in [9.17, 15) is 14.4 Å². The number of fused-ring (bicyclic) bond motifs is 2. The molecule has 0 radical (unpaired) electrons. The van der Waals surface area contributed by atoms with Crippen LogP contribution in [-0.4, -0.2) is 15.2 Å². The molecule has 96 valence electrons. The molecule has 19 heavy (non-hydrogen) atoms. The highest BCUT2D eigenvalue weighted by Crippen LogP contribution is 2.20. The molecule has 1 aromatic carbocycles. The number of H-pyrrole nitrogens is 3. The van der Waals surface area contributed by atoms with Gasteiger partial charge in [0.25, 0.3) is 11.1 Å². The maximum Gasteiger partial charge on any atom is 0.287 e. The standard InChI is InChI=1S/C12H8BrN3O3/c1-4-2-5(13)3-6-7(4)10(17)8-9(14-6)12(19)16-15-11(8)18/h2-3H,1H3,(H,14,17)(H,15,18)(H,16,19). The Morgan fingerprint density at radius 3 is 2.42 bits per heavy atom. The number of halogens is 1. The Hall–Kier alpha value is -2.15. The van der Waals surface area contributed by atoms with Crippen molar-refractivity contribution in [3.8, 4) is 0 Å². The molecular weight excluding hydrogens is 314 g/mol. The largest absolute Gasteiger partial charge is 0.350 e. The van der Waals surface area contributed by atoms with Crippen molar-refractivity contribution in [2.24, 2.45) is 0 Å². The Morgan fingerprint density at radius 2 is 1.68 bits per heavy atom. The van der Waals surface area contributed by atoms with Crippen molar-refractivity contribution in [2.75, 3.05) is 0 Å². The highest BCUT2D eigenvalue weighted by molar-refractivity contribution is 9.10. The van der Waals surface area contributed by atoms with Crippen LogP contribution in [0.3, 0.4) is 0 Å². The Balaban J connectivity index is 2.77. The summed E-state index contributed by atoms with van der Waals surface area (Å²) in [5.41, 5.74) is -0.362. The number of hydrogen-bond donors (Lipinski definition) is 3. The quantitative estimate of drug-likeness (QED) is 0.541. The summed E-state index contributed by atoms with van der Waals surface area (Å²) >= 11 is 3.33. The Labute approximate surface area is 113 Å². The third-order valence-corrected chi connectivity index (χ3v) is 3.47. The van der Waals surface area contributed by atoms with Gasteiger partial charge in [0.2, 0.25) is 5.43 Å². The zero-order valence-corrected chi connectivity index (χ0v) is 11.3. The number of aromatic nitrogens is 3. The summed E-state index contributed by atoms with van der Waals surface area (Å²) in [5, 5.41) is 4.60. The topological polar surface area (TPSA) is 98.6 Å². The van der Waals surface area contributed by atoms with E-state index in [0.717, 1.165) is 10.0 Å². The van der Waals surface area contributed by atoms with Crippen LogP contribution in [0, 0.1) is 6.92 Å². The number of nitrogens with one attached hydrogen (secondary N) is 3. The lowest BCUT2D eigenvalue weighted by atomic mass is 10.1. The molecule has 0 saturated carbocycles. The maximum absolute atomic E-state index is 12.4. The van der Waals surface area contributed by atoms with Gasteiger partial charge in [-0.15, -0.1) is 0 Å². The van der Waals surface area contributed by atoms with Gasteiger partial charge >= 0.3 is 0 Å². The van der Waals surface area contributed by atoms with Crippen molar-refractivity contribution in [2.45, 2.75) is 6.92 Å². The van der Waals surface area contributed by atoms with E-state index in [1.165, 1.54) is 0 Å². The molecule has 0 unspecified atom stereocenters. The molecule has 0 bridgehead atoms. The average Bonchev–Trinajstić information content (AvgIpc) is 2.32. The van der Waals surface area contributed by atoms with Crippen molar-refractivity contribution in [1.29, 1.82) is 0 Å². The molecule has 0 aliphatic carbocycles. The minimum Gasteiger partial charge on any atom is -0.350 e. The Kier molecular flexibility index (Phi) is 2.46. The third kappa shape index (κ3) is 1.66. The zero-order valence-electron chi connectivity index (χ0n) is 9.76. The normalized spacial score (nSPS) is 11.3. The predicted molar refractivity (Wildman–Crippen MR) is 75.8 cm³/mol. The van der Waals surface area contributed by atoms with Crippen molar-refractivity contribution in [3.05, 3.63) is 53.1 Å². The van der Waals surface area contributed by atoms with Crippen molar-refractivity contribution in [3.63, 3.8) is 0 Å². The SMILES string of the molecule is Cc1cc(Br)cc2[nH]c3c(=O)[nH][nH]c(=O)c3c(=O)c12. The molecule has 0 atom stereocenters. The van der Waals surface area contributed by atoms with E-state index in [-0.39, 0.29) is 10.9 Å². The van der Waals surface area contributed by atoms with Gasteiger partial charge in [-0.25, -0.2) is 0 Å². The molecule has 6 nitrogen and oxygen atoms in total. The Bertz CT molecular complexity index is 997. The van der Waals surface area contributed by atoms with Gasteiger partial charge in [0.05, 0.1) is 5.52 Å². The molecule has 0 amide bonds. The molecule has 0 spiro atoms. The summed E-state index contributed by atoms with van der Waals surface area (Å²) in [6.45, 7) is 1.77. The summed E-state index contributed by atoms with van der Waals surface area (Å²) in [4.78, 5) is 38.6. The zero-order chi connectivity index (χ0) is 13.7. The van der Waals surface area contributed by atoms with E-state index in [1.54, 1.807) is 19.1 Å². The van der Waals surface area contributed by atoms with Crippen LogP contribution in [0.15, 0.2) is 31.0 Å². The fraction of sp³-hybridized carbons (Fsp3) is 0.0833. The van der Waals surface area contributed by atoms with Gasteiger partial charge in [-0.05, 0) is 24.6 Å². The number of aromatic amines is 3. The highest BCUT2D eigenvalue weighted by Gasteiger charge is 2.13. The van der Waals surface area contributed by atoms with Crippen molar-refractivity contribution >= 4 is 37.7 Å². The highest BCUT2D eigenvalue weighted by atomic mass is 79.9. The molecule has 0 fully saturated rings. The summed E-state index contributed by atoms with van der Waals surface area (Å²) in [6, 6.07) is 3.48. The number of pyridine rings is 1. The molecule has 7 heteroatoms. The van der Waals surface area contributed by atoms with Crippen LogP contribution in [0.4, 0.5) is 0 Å². The van der Waals surface area contributed by atoms with Gasteiger partial charge in [0.15, 0.2) is 0 Å². The first-order valence-electron chi connectivity index (χ1n) is 5.46. The average molecular weight is 322 g/mol. The smallest absolute Gasteiger partial charge is 0.287 e. The van der Waals surface area contributed by atoms with Crippen LogP contribution < -0.4 is 16.5 Å². The molecule has 3 rings (SSSR count). The molecule has 3 aromatic rings. The van der Waals surface area contributed by atoms with Gasteiger partial charge < -0.3 is 4.98 Å². The first-order valence-corrected chi connectivity index (χ1v) is 6.25. The molecule has 0 aliphatic heterocycles. The van der Waals surface area contributed by atoms with Crippen LogP contribution >= 0.6 is 15.9 Å². The number of aryl methyl sites for hydroxylation is 1. The lowest BCUT2D eigenvalue weighted by Crippen LogP contribution is -2.25. The fourth-order valence-corrected chi connectivity index (χ4v) is 2.78. The van der Waals surface area contributed by atoms with Gasteiger partial charge in [0.1, 0.15) is 10.9 Å². The first kappa shape index (κ1) is 11.9. The van der Waals surface area contributed by atoms with E-state index in [2.05, 4.69) is 31.1 Å². The number of benzene rings is 1. The first-order chi connectivity index (χ1) is 8.99. The van der Waals surface area contributed by atoms with E-state index in [0.29, 0.717) is 10.9 Å². The van der Waals surface area contributed by atoms with Crippen LogP contribution in [0.25, 0.3) is 21.8 Å². The lowest BCUT2D eigenvalue weighted by molar-refractivity contribution is 0.970.